The van der Waals surface area contributed by atoms with Crippen molar-refractivity contribution in [3.05, 3.63) is 29.8 Å². The van der Waals surface area contributed by atoms with Crippen molar-refractivity contribution in [2.45, 2.75) is 57.3 Å². The molecule has 1 aromatic carbocycles. The highest BCUT2D eigenvalue weighted by molar-refractivity contribution is 6.69. The van der Waals surface area contributed by atoms with Crippen molar-refractivity contribution in [2.24, 2.45) is 11.3 Å². The predicted molar refractivity (Wildman–Crippen MR) is 117 cm³/mol. The van der Waals surface area contributed by atoms with Gasteiger partial charge in [-0.2, -0.15) is 0 Å². The van der Waals surface area contributed by atoms with Crippen LogP contribution in [0.25, 0.3) is 6.08 Å². The average Bonchev–Trinajstić information content (AvgIpc) is 3.26. The summed E-state index contributed by atoms with van der Waals surface area (Å²) in [6, 6.07) is 3.89. The van der Waals surface area contributed by atoms with Crippen LogP contribution in [0.5, 0.6) is 11.5 Å². The Morgan fingerprint density at radius 2 is 1.83 bits per heavy atom. The molecule has 0 radical (unpaired) electrons. The van der Waals surface area contributed by atoms with Gasteiger partial charge in [0.05, 0.1) is 26.9 Å². The molecule has 160 valence electrons. The van der Waals surface area contributed by atoms with Crippen LogP contribution in [0.15, 0.2) is 18.7 Å². The van der Waals surface area contributed by atoms with Crippen molar-refractivity contribution in [1.82, 2.24) is 0 Å². The standard InChI is InChI=1S/C23H34O5Si/c1-8-16-13-18(25-2)19(26-3)14-17(16)15-22(21(24)27-4)20-11-9-10-12-23(20,22)28-29(5,6)7/h8,13-14,20H,1,9-12,15H2,2-7H3/t20?,22-,23+/m1/s1. The molecule has 0 spiro atoms. The molecule has 0 aliphatic heterocycles. The lowest BCUT2D eigenvalue weighted by atomic mass is 9.88. The Labute approximate surface area is 175 Å². The second-order valence-electron chi connectivity index (χ2n) is 9.15. The number of benzene rings is 1. The van der Waals surface area contributed by atoms with Crippen LogP contribution >= 0.6 is 0 Å². The van der Waals surface area contributed by atoms with E-state index in [2.05, 4.69) is 26.2 Å². The zero-order chi connectivity index (χ0) is 21.4. The van der Waals surface area contributed by atoms with E-state index in [0.717, 1.165) is 36.8 Å². The molecule has 5 nitrogen and oxygen atoms in total. The van der Waals surface area contributed by atoms with Gasteiger partial charge in [-0.05, 0) is 62.2 Å². The summed E-state index contributed by atoms with van der Waals surface area (Å²) in [4.78, 5) is 13.3. The normalized spacial score (nSPS) is 28.3. The summed E-state index contributed by atoms with van der Waals surface area (Å²) in [5.74, 6) is 1.33. The minimum Gasteiger partial charge on any atom is -0.493 e. The van der Waals surface area contributed by atoms with Gasteiger partial charge >= 0.3 is 5.97 Å². The lowest BCUT2D eigenvalue weighted by Crippen LogP contribution is -2.41. The molecule has 2 saturated carbocycles. The van der Waals surface area contributed by atoms with Gasteiger partial charge in [-0.3, -0.25) is 4.79 Å². The summed E-state index contributed by atoms with van der Waals surface area (Å²) < 4.78 is 23.1. The number of carbonyl (C=O) groups is 1. The zero-order valence-corrected chi connectivity index (χ0v) is 19.6. The molecule has 0 saturated heterocycles. The molecule has 0 amide bonds. The van der Waals surface area contributed by atoms with Crippen LogP contribution in [-0.2, 0) is 20.4 Å². The van der Waals surface area contributed by atoms with Gasteiger partial charge in [-0.15, -0.1) is 0 Å². The molecule has 1 aromatic rings. The van der Waals surface area contributed by atoms with Crippen LogP contribution in [0.1, 0.15) is 36.8 Å². The fourth-order valence-electron chi connectivity index (χ4n) is 5.45. The van der Waals surface area contributed by atoms with Gasteiger partial charge < -0.3 is 18.6 Å². The number of methoxy groups -OCH3 is 3. The first-order valence-corrected chi connectivity index (χ1v) is 13.8. The van der Waals surface area contributed by atoms with Crippen LogP contribution in [0.3, 0.4) is 0 Å². The van der Waals surface area contributed by atoms with E-state index in [0.29, 0.717) is 17.9 Å². The van der Waals surface area contributed by atoms with Gasteiger partial charge in [0.15, 0.2) is 19.8 Å². The third-order valence-electron chi connectivity index (χ3n) is 6.49. The molecule has 0 aromatic heterocycles. The number of fused-ring (bicyclic) bond motifs is 1. The van der Waals surface area contributed by atoms with Crippen molar-refractivity contribution < 1.29 is 23.4 Å². The summed E-state index contributed by atoms with van der Waals surface area (Å²) in [6.07, 6.45) is 6.47. The molecule has 0 N–H and O–H groups in total. The van der Waals surface area contributed by atoms with Crippen molar-refractivity contribution in [2.75, 3.05) is 21.3 Å². The Balaban J connectivity index is 2.10. The van der Waals surface area contributed by atoms with Gasteiger partial charge in [0.25, 0.3) is 0 Å². The van der Waals surface area contributed by atoms with Crippen molar-refractivity contribution in [3.8, 4) is 11.5 Å². The summed E-state index contributed by atoms with van der Waals surface area (Å²) >= 11 is 0. The van der Waals surface area contributed by atoms with Crippen LogP contribution < -0.4 is 9.47 Å². The van der Waals surface area contributed by atoms with Crippen LogP contribution in [-0.4, -0.2) is 41.2 Å². The first-order chi connectivity index (χ1) is 13.7. The maximum atomic E-state index is 13.3. The topological polar surface area (TPSA) is 54.0 Å². The second kappa shape index (κ2) is 7.80. The van der Waals surface area contributed by atoms with Gasteiger partial charge in [0.1, 0.15) is 5.41 Å². The molecule has 29 heavy (non-hydrogen) atoms. The van der Waals surface area contributed by atoms with E-state index in [1.165, 1.54) is 7.11 Å². The summed E-state index contributed by atoms with van der Waals surface area (Å²) in [7, 11) is 2.86. The molecule has 3 atom stereocenters. The van der Waals surface area contributed by atoms with E-state index in [9.17, 15) is 4.79 Å². The maximum Gasteiger partial charge on any atom is 0.315 e. The van der Waals surface area contributed by atoms with E-state index in [4.69, 9.17) is 18.6 Å². The van der Waals surface area contributed by atoms with Gasteiger partial charge in [-0.1, -0.05) is 25.5 Å². The fraction of sp³-hybridized carbons (Fsp3) is 0.609. The molecule has 0 heterocycles. The summed E-state index contributed by atoms with van der Waals surface area (Å²) in [6.45, 7) is 10.5. The number of hydrogen-bond acceptors (Lipinski definition) is 5. The fourth-order valence-corrected chi connectivity index (χ4v) is 6.97. The largest absolute Gasteiger partial charge is 0.493 e. The number of carbonyl (C=O) groups excluding carboxylic acids is 1. The highest BCUT2D eigenvalue weighted by atomic mass is 28.4. The minimum atomic E-state index is -1.87. The lowest BCUT2D eigenvalue weighted by Gasteiger charge is -2.32. The quantitative estimate of drug-likeness (QED) is 0.446. The third-order valence-corrected chi connectivity index (χ3v) is 7.47. The Morgan fingerprint density at radius 1 is 1.17 bits per heavy atom. The number of ether oxygens (including phenoxy) is 3. The Kier molecular flexibility index (Phi) is 5.89. The predicted octanol–water partition coefficient (Wildman–Crippen LogP) is 4.84. The van der Waals surface area contributed by atoms with E-state index in [1.807, 2.05) is 12.1 Å². The smallest absolute Gasteiger partial charge is 0.315 e. The Bertz CT molecular complexity index is 799. The number of hydrogen-bond donors (Lipinski definition) is 0. The number of esters is 1. The molecule has 2 aliphatic rings. The third kappa shape index (κ3) is 3.50. The van der Waals surface area contributed by atoms with Gasteiger partial charge in [0.2, 0.25) is 0 Å². The van der Waals surface area contributed by atoms with Crippen molar-refractivity contribution >= 4 is 20.4 Å². The van der Waals surface area contributed by atoms with Crippen LogP contribution in [0, 0.1) is 11.3 Å². The monoisotopic (exact) mass is 418 g/mol. The highest BCUT2D eigenvalue weighted by Gasteiger charge is 2.82. The summed E-state index contributed by atoms with van der Waals surface area (Å²) in [5, 5.41) is 0. The van der Waals surface area contributed by atoms with E-state index >= 15 is 0 Å². The van der Waals surface area contributed by atoms with Crippen molar-refractivity contribution in [3.63, 3.8) is 0 Å². The molecular formula is C23H34O5Si. The first-order valence-electron chi connectivity index (χ1n) is 10.3. The van der Waals surface area contributed by atoms with E-state index in [-0.39, 0.29) is 11.9 Å². The van der Waals surface area contributed by atoms with Crippen LogP contribution in [0.2, 0.25) is 19.6 Å². The van der Waals surface area contributed by atoms with E-state index in [1.54, 1.807) is 20.3 Å². The molecule has 2 aliphatic carbocycles. The first kappa shape index (κ1) is 21.9. The molecule has 3 rings (SSSR count). The van der Waals surface area contributed by atoms with Crippen molar-refractivity contribution in [1.29, 1.82) is 0 Å². The minimum absolute atomic E-state index is 0.160. The second-order valence-corrected chi connectivity index (χ2v) is 13.6. The van der Waals surface area contributed by atoms with Gasteiger partial charge in [-0.25, -0.2) is 0 Å². The molecular weight excluding hydrogens is 384 g/mol. The maximum absolute atomic E-state index is 13.3. The Hall–Kier alpha value is -1.79. The van der Waals surface area contributed by atoms with Gasteiger partial charge in [0, 0.05) is 5.92 Å². The SMILES string of the molecule is C=Cc1cc(OC)c(OC)cc1C[C@]1(C(=O)OC)C2CCCC[C@]21O[Si](C)(C)C. The summed E-state index contributed by atoms with van der Waals surface area (Å²) in [5.41, 5.74) is 0.873. The highest BCUT2D eigenvalue weighted by Crippen LogP contribution is 2.73. The lowest BCUT2D eigenvalue weighted by molar-refractivity contribution is -0.150. The number of rotatable bonds is 8. The zero-order valence-electron chi connectivity index (χ0n) is 18.6. The molecule has 0 bridgehead atoms. The van der Waals surface area contributed by atoms with Crippen LogP contribution in [0.4, 0.5) is 0 Å². The van der Waals surface area contributed by atoms with E-state index < -0.39 is 19.3 Å². The molecule has 2 fully saturated rings. The average molecular weight is 419 g/mol. The Morgan fingerprint density at radius 3 is 2.38 bits per heavy atom. The molecule has 1 unspecified atom stereocenters. The molecule has 6 heteroatoms.